The Balaban J connectivity index is 1.55. The van der Waals surface area contributed by atoms with Crippen molar-refractivity contribution < 1.29 is 9.59 Å². The summed E-state index contributed by atoms with van der Waals surface area (Å²) in [6.45, 7) is 4.30. The zero-order chi connectivity index (χ0) is 18.4. The van der Waals surface area contributed by atoms with Gasteiger partial charge < -0.3 is 10.6 Å². The summed E-state index contributed by atoms with van der Waals surface area (Å²) in [7, 11) is 0. The molecule has 0 bridgehead atoms. The molecule has 1 unspecified atom stereocenters. The molecule has 2 aromatic carbocycles. The number of rotatable bonds is 5. The minimum Gasteiger partial charge on any atom is -0.352 e. The lowest BCUT2D eigenvalue weighted by atomic mass is 10.0. The Morgan fingerprint density at radius 1 is 1.08 bits per heavy atom. The number of nitrogens with zero attached hydrogens (tertiary/aromatic N) is 1. The number of hydrogen-bond acceptors (Lipinski definition) is 3. The average Bonchev–Trinajstić information content (AvgIpc) is 2.63. The lowest BCUT2D eigenvalue weighted by Crippen LogP contribution is -2.46. The second-order valence-electron chi connectivity index (χ2n) is 6.79. The van der Waals surface area contributed by atoms with Crippen LogP contribution in [0.3, 0.4) is 0 Å². The van der Waals surface area contributed by atoms with Crippen LogP contribution < -0.4 is 10.6 Å². The minimum absolute atomic E-state index is 0.0330. The second-order valence-corrected chi connectivity index (χ2v) is 6.79. The van der Waals surface area contributed by atoms with E-state index < -0.39 is 0 Å². The molecule has 1 heterocycles. The maximum atomic E-state index is 12.3. The molecule has 0 aliphatic carbocycles. The van der Waals surface area contributed by atoms with E-state index in [1.807, 2.05) is 54.6 Å². The number of nitrogens with one attached hydrogen (secondary N) is 2. The van der Waals surface area contributed by atoms with Gasteiger partial charge in [0.2, 0.25) is 5.91 Å². The van der Waals surface area contributed by atoms with Crippen molar-refractivity contribution in [1.82, 2.24) is 10.2 Å². The second kappa shape index (κ2) is 8.63. The summed E-state index contributed by atoms with van der Waals surface area (Å²) in [5, 5.41) is 5.90. The van der Waals surface area contributed by atoms with E-state index in [4.69, 9.17) is 0 Å². The van der Waals surface area contributed by atoms with E-state index in [1.165, 1.54) is 5.56 Å². The third-order valence-corrected chi connectivity index (χ3v) is 4.57. The molecule has 0 aromatic heterocycles. The highest BCUT2D eigenvalue weighted by Gasteiger charge is 2.20. The Hall–Kier alpha value is -2.66. The monoisotopic (exact) mass is 351 g/mol. The molecule has 0 spiro atoms. The molecule has 2 N–H and O–H groups in total. The molecule has 5 nitrogen and oxygen atoms in total. The molecule has 3 rings (SSSR count). The van der Waals surface area contributed by atoms with E-state index in [9.17, 15) is 9.59 Å². The van der Waals surface area contributed by atoms with Crippen LogP contribution in [0.1, 0.15) is 35.7 Å². The molecular formula is C21H25N3O2. The normalized spacial score (nSPS) is 17.5. The zero-order valence-electron chi connectivity index (χ0n) is 15.1. The number of hydrogen-bond donors (Lipinski definition) is 2. The van der Waals surface area contributed by atoms with E-state index in [2.05, 4.69) is 15.5 Å². The summed E-state index contributed by atoms with van der Waals surface area (Å²) in [4.78, 5) is 25.9. The van der Waals surface area contributed by atoms with Crippen LogP contribution in [0.15, 0.2) is 54.6 Å². The van der Waals surface area contributed by atoms with Crippen molar-refractivity contribution in [2.45, 2.75) is 32.4 Å². The summed E-state index contributed by atoms with van der Waals surface area (Å²) in [5.74, 6) is -0.0722. The molecule has 136 valence electrons. The number of piperidine rings is 1. The van der Waals surface area contributed by atoms with Gasteiger partial charge in [0.25, 0.3) is 5.91 Å². The summed E-state index contributed by atoms with van der Waals surface area (Å²) >= 11 is 0. The SMILES string of the molecule is CC(=O)NC1CCCN(Cc2ccc(C(=O)Nc3ccccc3)cc2)C1. The average molecular weight is 351 g/mol. The largest absolute Gasteiger partial charge is 0.352 e. The van der Waals surface area contributed by atoms with E-state index >= 15 is 0 Å². The Morgan fingerprint density at radius 3 is 2.50 bits per heavy atom. The van der Waals surface area contributed by atoms with Crippen LogP contribution in [0.4, 0.5) is 5.69 Å². The summed E-state index contributed by atoms with van der Waals surface area (Å²) < 4.78 is 0. The fourth-order valence-corrected chi connectivity index (χ4v) is 3.35. The minimum atomic E-state index is -0.105. The number of anilines is 1. The highest BCUT2D eigenvalue weighted by Crippen LogP contribution is 2.15. The third kappa shape index (κ3) is 5.17. The molecule has 5 heteroatoms. The topological polar surface area (TPSA) is 61.4 Å². The maximum absolute atomic E-state index is 12.3. The lowest BCUT2D eigenvalue weighted by molar-refractivity contribution is -0.120. The molecule has 1 saturated heterocycles. The smallest absolute Gasteiger partial charge is 0.255 e. The van der Waals surface area contributed by atoms with E-state index in [-0.39, 0.29) is 17.9 Å². The first-order valence-electron chi connectivity index (χ1n) is 9.05. The Kier molecular flexibility index (Phi) is 6.02. The van der Waals surface area contributed by atoms with Gasteiger partial charge in [-0.3, -0.25) is 14.5 Å². The molecule has 2 aromatic rings. The van der Waals surface area contributed by atoms with Crippen molar-refractivity contribution in [3.63, 3.8) is 0 Å². The molecule has 1 aliphatic heterocycles. The van der Waals surface area contributed by atoms with Crippen LogP contribution in [0.5, 0.6) is 0 Å². The molecule has 26 heavy (non-hydrogen) atoms. The molecule has 1 fully saturated rings. The van der Waals surface area contributed by atoms with E-state index in [1.54, 1.807) is 6.92 Å². The molecule has 0 radical (unpaired) electrons. The van der Waals surface area contributed by atoms with Crippen LogP contribution in [-0.4, -0.2) is 35.8 Å². The van der Waals surface area contributed by atoms with Gasteiger partial charge in [-0.2, -0.15) is 0 Å². The van der Waals surface area contributed by atoms with Gasteiger partial charge in [-0.1, -0.05) is 30.3 Å². The maximum Gasteiger partial charge on any atom is 0.255 e. The summed E-state index contributed by atoms with van der Waals surface area (Å²) in [6.07, 6.45) is 2.12. The van der Waals surface area contributed by atoms with Gasteiger partial charge in [0.05, 0.1) is 0 Å². The van der Waals surface area contributed by atoms with Gasteiger partial charge >= 0.3 is 0 Å². The third-order valence-electron chi connectivity index (χ3n) is 4.57. The fourth-order valence-electron chi connectivity index (χ4n) is 3.35. The molecule has 1 atom stereocenters. The Bertz CT molecular complexity index is 744. The van der Waals surface area contributed by atoms with Crippen LogP contribution in [0.25, 0.3) is 0 Å². The molecule has 0 saturated carbocycles. The quantitative estimate of drug-likeness (QED) is 0.870. The van der Waals surface area contributed by atoms with Crippen LogP contribution >= 0.6 is 0 Å². The zero-order valence-corrected chi connectivity index (χ0v) is 15.1. The molecule has 2 amide bonds. The number of carbonyl (C=O) groups is 2. The Labute approximate surface area is 154 Å². The number of likely N-dealkylation sites (tertiary alicyclic amines) is 1. The standard InChI is InChI=1S/C21H25N3O2/c1-16(25)22-20-8-5-13-24(15-20)14-17-9-11-18(12-10-17)21(26)23-19-6-3-2-4-7-19/h2-4,6-7,9-12,20H,5,8,13-15H2,1H3,(H,22,25)(H,23,26). The number of carbonyl (C=O) groups excluding carboxylic acids is 2. The van der Waals surface area contributed by atoms with Gasteiger partial charge in [0, 0.05) is 37.3 Å². The van der Waals surface area contributed by atoms with Crippen LogP contribution in [0.2, 0.25) is 0 Å². The number of benzene rings is 2. The van der Waals surface area contributed by atoms with Crippen LogP contribution in [0, 0.1) is 0 Å². The predicted octanol–water partition coefficient (Wildman–Crippen LogP) is 3.04. The van der Waals surface area contributed by atoms with Crippen molar-refractivity contribution in [1.29, 1.82) is 0 Å². The van der Waals surface area contributed by atoms with Gasteiger partial charge in [-0.05, 0) is 49.2 Å². The van der Waals surface area contributed by atoms with Gasteiger partial charge in [-0.25, -0.2) is 0 Å². The van der Waals surface area contributed by atoms with Gasteiger partial charge in [0.15, 0.2) is 0 Å². The lowest BCUT2D eigenvalue weighted by Gasteiger charge is -2.33. The van der Waals surface area contributed by atoms with Crippen molar-refractivity contribution in [2.24, 2.45) is 0 Å². The van der Waals surface area contributed by atoms with Gasteiger partial charge in [0.1, 0.15) is 0 Å². The highest BCUT2D eigenvalue weighted by atomic mass is 16.2. The molecule has 1 aliphatic rings. The number of para-hydroxylation sites is 1. The van der Waals surface area contributed by atoms with Crippen molar-refractivity contribution in [3.8, 4) is 0 Å². The fraction of sp³-hybridized carbons (Fsp3) is 0.333. The van der Waals surface area contributed by atoms with Crippen molar-refractivity contribution in [3.05, 3.63) is 65.7 Å². The molecular weight excluding hydrogens is 326 g/mol. The summed E-state index contributed by atoms with van der Waals surface area (Å²) in [5.41, 5.74) is 2.61. The van der Waals surface area contributed by atoms with Crippen LogP contribution in [-0.2, 0) is 11.3 Å². The number of amides is 2. The highest BCUT2D eigenvalue weighted by molar-refractivity contribution is 6.04. The van der Waals surface area contributed by atoms with Gasteiger partial charge in [-0.15, -0.1) is 0 Å². The first kappa shape index (κ1) is 18.1. The first-order chi connectivity index (χ1) is 12.6. The van der Waals surface area contributed by atoms with Crippen molar-refractivity contribution in [2.75, 3.05) is 18.4 Å². The Morgan fingerprint density at radius 2 is 1.81 bits per heavy atom. The van der Waals surface area contributed by atoms with E-state index in [0.717, 1.165) is 38.2 Å². The first-order valence-corrected chi connectivity index (χ1v) is 9.05. The van der Waals surface area contributed by atoms with Crippen molar-refractivity contribution >= 4 is 17.5 Å². The summed E-state index contributed by atoms with van der Waals surface area (Å²) in [6, 6.07) is 17.4. The van der Waals surface area contributed by atoms with E-state index in [0.29, 0.717) is 5.56 Å². The predicted molar refractivity (Wildman–Crippen MR) is 103 cm³/mol.